The molecule has 20 heavy (non-hydrogen) atoms. The van der Waals surface area contributed by atoms with E-state index in [0.29, 0.717) is 0 Å². The first-order valence-corrected chi connectivity index (χ1v) is 7.70. The second-order valence-corrected chi connectivity index (χ2v) is 5.48. The van der Waals surface area contributed by atoms with Gasteiger partial charge in [-0.25, -0.2) is 0 Å². The van der Waals surface area contributed by atoms with E-state index in [1.165, 1.54) is 11.3 Å². The minimum Gasteiger partial charge on any atom is -0.395 e. The first kappa shape index (κ1) is 15.6. The van der Waals surface area contributed by atoms with E-state index in [1.54, 1.807) is 0 Å². The van der Waals surface area contributed by atoms with Crippen molar-refractivity contribution in [2.45, 2.75) is 13.5 Å². The summed E-state index contributed by atoms with van der Waals surface area (Å²) >= 11 is 6.35. The van der Waals surface area contributed by atoms with Crippen LogP contribution in [0.2, 0.25) is 5.02 Å². The molecule has 0 amide bonds. The van der Waals surface area contributed by atoms with Gasteiger partial charge in [0.1, 0.15) is 0 Å². The van der Waals surface area contributed by atoms with Crippen molar-refractivity contribution in [1.29, 1.82) is 0 Å². The van der Waals surface area contributed by atoms with Crippen molar-refractivity contribution in [1.82, 2.24) is 10.2 Å². The Morgan fingerprint density at radius 1 is 1.25 bits per heavy atom. The summed E-state index contributed by atoms with van der Waals surface area (Å²) in [5.74, 6) is 0. The van der Waals surface area contributed by atoms with Crippen LogP contribution in [0.3, 0.4) is 0 Å². The lowest BCUT2D eigenvalue weighted by atomic mass is 10.1. The molecule has 112 valence electrons. The number of benzene rings is 1. The van der Waals surface area contributed by atoms with Crippen molar-refractivity contribution in [3.05, 3.63) is 28.8 Å². The van der Waals surface area contributed by atoms with Crippen LogP contribution in [0.25, 0.3) is 0 Å². The zero-order valence-corrected chi connectivity index (χ0v) is 12.9. The smallest absolute Gasteiger partial charge is 0.0558 e. The van der Waals surface area contributed by atoms with Crippen molar-refractivity contribution in [2.24, 2.45) is 0 Å². The molecule has 1 aromatic rings. The van der Waals surface area contributed by atoms with Gasteiger partial charge in [0.05, 0.1) is 6.61 Å². The van der Waals surface area contributed by atoms with E-state index in [0.717, 1.165) is 50.8 Å². The quantitative estimate of drug-likeness (QED) is 0.836. The highest BCUT2D eigenvalue weighted by Crippen LogP contribution is 2.28. The largest absolute Gasteiger partial charge is 0.395 e. The fourth-order valence-electron chi connectivity index (χ4n) is 2.62. The molecule has 0 aliphatic carbocycles. The van der Waals surface area contributed by atoms with Crippen molar-refractivity contribution in [3.63, 3.8) is 0 Å². The maximum Gasteiger partial charge on any atom is 0.0558 e. The maximum absolute atomic E-state index is 9.00. The second kappa shape index (κ2) is 7.84. The molecule has 1 saturated heterocycles. The Hall–Kier alpha value is -0.810. The van der Waals surface area contributed by atoms with E-state index in [9.17, 15) is 0 Å². The number of piperazine rings is 1. The van der Waals surface area contributed by atoms with Crippen LogP contribution in [0.15, 0.2) is 18.2 Å². The molecule has 0 unspecified atom stereocenters. The summed E-state index contributed by atoms with van der Waals surface area (Å²) in [5.41, 5.74) is 2.42. The molecule has 2 N–H and O–H groups in total. The van der Waals surface area contributed by atoms with Gasteiger partial charge in [0.2, 0.25) is 0 Å². The van der Waals surface area contributed by atoms with Gasteiger partial charge in [0.25, 0.3) is 0 Å². The van der Waals surface area contributed by atoms with Gasteiger partial charge in [-0.1, -0.05) is 24.6 Å². The molecule has 1 aliphatic heterocycles. The molecule has 0 aromatic heterocycles. The number of anilines is 1. The Balaban J connectivity index is 2.07. The number of nitrogens with zero attached hydrogens (tertiary/aromatic N) is 2. The number of nitrogens with one attached hydrogen (secondary N) is 1. The van der Waals surface area contributed by atoms with E-state index in [4.69, 9.17) is 16.7 Å². The van der Waals surface area contributed by atoms with Crippen molar-refractivity contribution >= 4 is 17.3 Å². The number of halogens is 1. The van der Waals surface area contributed by atoms with Crippen LogP contribution in [-0.2, 0) is 6.54 Å². The Morgan fingerprint density at radius 3 is 2.65 bits per heavy atom. The summed E-state index contributed by atoms with van der Waals surface area (Å²) in [6.07, 6.45) is 0. The highest BCUT2D eigenvalue weighted by atomic mass is 35.5. The number of aliphatic hydroxyl groups is 1. The molecule has 0 bridgehead atoms. The number of hydrogen-bond acceptors (Lipinski definition) is 4. The number of hydrogen-bond donors (Lipinski definition) is 2. The Labute approximate surface area is 126 Å². The van der Waals surface area contributed by atoms with E-state index in [2.05, 4.69) is 28.1 Å². The van der Waals surface area contributed by atoms with E-state index < -0.39 is 0 Å². The zero-order valence-electron chi connectivity index (χ0n) is 12.1. The van der Waals surface area contributed by atoms with Gasteiger partial charge in [0.15, 0.2) is 0 Å². The Kier molecular flexibility index (Phi) is 6.10. The molecule has 1 fully saturated rings. The minimum atomic E-state index is 0.239. The number of β-amino-alcohol motifs (C(OH)–C–C–N with tert-alkyl or cyclic N) is 1. The molecular weight excluding hydrogens is 274 g/mol. The topological polar surface area (TPSA) is 38.7 Å². The van der Waals surface area contributed by atoms with Crippen molar-refractivity contribution < 1.29 is 5.11 Å². The molecule has 1 aromatic carbocycles. The molecule has 1 heterocycles. The summed E-state index contributed by atoms with van der Waals surface area (Å²) in [4.78, 5) is 4.69. The first-order valence-electron chi connectivity index (χ1n) is 7.32. The molecular formula is C15H24ClN3O. The lowest BCUT2D eigenvalue weighted by Gasteiger charge is -2.37. The summed E-state index contributed by atoms with van der Waals surface area (Å²) in [7, 11) is 0. The van der Waals surface area contributed by atoms with Gasteiger partial charge in [0, 0.05) is 55.5 Å². The van der Waals surface area contributed by atoms with Gasteiger partial charge in [-0.3, -0.25) is 4.90 Å². The van der Waals surface area contributed by atoms with E-state index >= 15 is 0 Å². The second-order valence-electron chi connectivity index (χ2n) is 5.07. The molecule has 0 atom stereocenters. The fourth-order valence-corrected chi connectivity index (χ4v) is 2.86. The molecule has 0 radical (unpaired) electrons. The third-order valence-electron chi connectivity index (χ3n) is 3.78. The van der Waals surface area contributed by atoms with Crippen LogP contribution < -0.4 is 10.2 Å². The SMILES string of the molecule is CCNCc1c(Cl)cccc1N1CCN(CCO)CC1. The highest BCUT2D eigenvalue weighted by Gasteiger charge is 2.19. The van der Waals surface area contributed by atoms with Crippen LogP contribution in [0.1, 0.15) is 12.5 Å². The average molecular weight is 298 g/mol. The predicted molar refractivity (Wildman–Crippen MR) is 84.6 cm³/mol. The summed E-state index contributed by atoms with van der Waals surface area (Å²) in [6.45, 7) is 8.82. The standard InChI is InChI=1S/C15H24ClN3O/c1-2-17-12-13-14(16)4-3-5-15(13)19-8-6-18(7-9-19)10-11-20/h3-5,17,20H,2,6-12H2,1H3. The monoisotopic (exact) mass is 297 g/mol. The van der Waals surface area contributed by atoms with Crippen LogP contribution in [0.5, 0.6) is 0 Å². The lowest BCUT2D eigenvalue weighted by molar-refractivity contribution is 0.188. The van der Waals surface area contributed by atoms with Crippen LogP contribution in [-0.4, -0.2) is 55.9 Å². The molecule has 2 rings (SSSR count). The Morgan fingerprint density at radius 2 is 2.00 bits per heavy atom. The lowest BCUT2D eigenvalue weighted by Crippen LogP contribution is -2.47. The normalized spacial score (nSPS) is 16.6. The van der Waals surface area contributed by atoms with Crippen LogP contribution in [0.4, 0.5) is 5.69 Å². The maximum atomic E-state index is 9.00. The van der Waals surface area contributed by atoms with Crippen LogP contribution >= 0.6 is 11.6 Å². The molecule has 5 heteroatoms. The fraction of sp³-hybridized carbons (Fsp3) is 0.600. The third-order valence-corrected chi connectivity index (χ3v) is 4.13. The number of rotatable bonds is 6. The average Bonchev–Trinajstić information content (AvgIpc) is 2.47. The predicted octanol–water partition coefficient (Wildman–Crippen LogP) is 1.56. The molecule has 0 spiro atoms. The van der Waals surface area contributed by atoms with E-state index in [1.807, 2.05) is 12.1 Å². The van der Waals surface area contributed by atoms with Gasteiger partial charge >= 0.3 is 0 Å². The minimum absolute atomic E-state index is 0.239. The van der Waals surface area contributed by atoms with Gasteiger partial charge in [-0.2, -0.15) is 0 Å². The highest BCUT2D eigenvalue weighted by molar-refractivity contribution is 6.31. The van der Waals surface area contributed by atoms with Gasteiger partial charge in [-0.15, -0.1) is 0 Å². The molecule has 4 nitrogen and oxygen atoms in total. The van der Waals surface area contributed by atoms with Crippen molar-refractivity contribution in [3.8, 4) is 0 Å². The summed E-state index contributed by atoms with van der Waals surface area (Å²) in [6, 6.07) is 6.13. The van der Waals surface area contributed by atoms with Crippen molar-refractivity contribution in [2.75, 3.05) is 50.8 Å². The third kappa shape index (κ3) is 3.85. The zero-order chi connectivity index (χ0) is 14.4. The van der Waals surface area contributed by atoms with Gasteiger partial charge < -0.3 is 15.3 Å². The molecule has 1 aliphatic rings. The first-order chi connectivity index (χ1) is 9.76. The summed E-state index contributed by atoms with van der Waals surface area (Å²) in [5, 5.41) is 13.2. The van der Waals surface area contributed by atoms with Crippen LogP contribution in [0, 0.1) is 0 Å². The number of aliphatic hydroxyl groups excluding tert-OH is 1. The van der Waals surface area contributed by atoms with E-state index in [-0.39, 0.29) is 6.61 Å². The Bertz CT molecular complexity index is 420. The summed E-state index contributed by atoms with van der Waals surface area (Å²) < 4.78 is 0. The van der Waals surface area contributed by atoms with Gasteiger partial charge in [-0.05, 0) is 18.7 Å². The molecule has 0 saturated carbocycles.